The average Bonchev–Trinajstić information content (AvgIpc) is 2.72. The zero-order valence-corrected chi connectivity index (χ0v) is 12.6. The Morgan fingerprint density at radius 3 is 2.84 bits per heavy atom. The lowest BCUT2D eigenvalue weighted by Crippen LogP contribution is -2.50. The molecule has 0 aromatic heterocycles. The summed E-state index contributed by atoms with van der Waals surface area (Å²) >= 11 is 0. The maximum absolute atomic E-state index is 12.3. The zero-order valence-electron chi connectivity index (χ0n) is 12.6. The lowest BCUT2D eigenvalue weighted by molar-refractivity contribution is -0.132. The third kappa shape index (κ3) is 3.48. The highest BCUT2D eigenvalue weighted by Crippen LogP contribution is 2.28. The van der Waals surface area contributed by atoms with E-state index < -0.39 is 0 Å². The Bertz CT molecular complexity index is 302. The van der Waals surface area contributed by atoms with Gasteiger partial charge in [-0.05, 0) is 45.1 Å². The number of likely N-dealkylation sites (tertiary alicyclic amines) is 1. The summed E-state index contributed by atoms with van der Waals surface area (Å²) in [6.07, 6.45) is 5.20. The van der Waals surface area contributed by atoms with E-state index in [4.69, 9.17) is 0 Å². The number of nitrogens with zero attached hydrogens (tertiary/aromatic N) is 1. The van der Waals surface area contributed by atoms with Crippen LogP contribution in [0, 0.1) is 11.8 Å². The molecule has 0 spiro atoms. The van der Waals surface area contributed by atoms with E-state index in [1.54, 1.807) is 0 Å². The first kappa shape index (κ1) is 14.8. The molecular weight excluding hydrogens is 238 g/mol. The van der Waals surface area contributed by atoms with Crippen LogP contribution in [0.2, 0.25) is 0 Å². The van der Waals surface area contributed by atoms with Crippen molar-refractivity contribution >= 4 is 5.91 Å². The van der Waals surface area contributed by atoms with Crippen LogP contribution in [0.4, 0.5) is 0 Å². The van der Waals surface area contributed by atoms with Crippen molar-refractivity contribution in [2.45, 2.75) is 58.7 Å². The molecule has 110 valence electrons. The van der Waals surface area contributed by atoms with Gasteiger partial charge in [0.05, 0.1) is 6.17 Å². The molecule has 0 saturated carbocycles. The maximum Gasteiger partial charge on any atom is 0.226 e. The molecule has 4 heteroatoms. The van der Waals surface area contributed by atoms with Gasteiger partial charge in [0.25, 0.3) is 0 Å². The fourth-order valence-electron chi connectivity index (χ4n) is 3.41. The summed E-state index contributed by atoms with van der Waals surface area (Å²) in [4.78, 5) is 14.4. The molecule has 2 aliphatic heterocycles. The van der Waals surface area contributed by atoms with E-state index in [2.05, 4.69) is 36.3 Å². The summed E-state index contributed by atoms with van der Waals surface area (Å²) < 4.78 is 0. The fourth-order valence-corrected chi connectivity index (χ4v) is 3.41. The predicted molar refractivity (Wildman–Crippen MR) is 77.8 cm³/mol. The van der Waals surface area contributed by atoms with Crippen LogP contribution in [-0.2, 0) is 4.79 Å². The lowest BCUT2D eigenvalue weighted by Gasteiger charge is -2.30. The first-order chi connectivity index (χ1) is 9.13. The first-order valence-electron chi connectivity index (χ1n) is 7.90. The Kier molecular flexibility index (Phi) is 5.22. The standard InChI is InChI=1S/C15H29N3O/c1-4-13-11(2)10-18(15(13)19)12(3)9-17-14-7-5-6-8-16-14/h11-14,16-17H,4-10H2,1-3H3/t11?,12-,13?,14?/m1/s1. The van der Waals surface area contributed by atoms with Crippen molar-refractivity contribution in [3.8, 4) is 0 Å². The van der Waals surface area contributed by atoms with Gasteiger partial charge < -0.3 is 10.2 Å². The van der Waals surface area contributed by atoms with Crippen molar-refractivity contribution in [2.75, 3.05) is 19.6 Å². The highest BCUT2D eigenvalue weighted by atomic mass is 16.2. The van der Waals surface area contributed by atoms with Gasteiger partial charge in [-0.15, -0.1) is 0 Å². The Hall–Kier alpha value is -0.610. The van der Waals surface area contributed by atoms with E-state index in [1.165, 1.54) is 19.3 Å². The number of carbonyl (C=O) groups excluding carboxylic acids is 1. The number of hydrogen-bond acceptors (Lipinski definition) is 3. The minimum atomic E-state index is 0.246. The average molecular weight is 267 g/mol. The third-order valence-electron chi connectivity index (χ3n) is 4.71. The molecule has 4 atom stereocenters. The highest BCUT2D eigenvalue weighted by Gasteiger charge is 2.38. The summed E-state index contributed by atoms with van der Waals surface area (Å²) in [5.41, 5.74) is 0. The van der Waals surface area contributed by atoms with Crippen molar-refractivity contribution in [1.29, 1.82) is 0 Å². The third-order valence-corrected chi connectivity index (χ3v) is 4.71. The topological polar surface area (TPSA) is 44.4 Å². The first-order valence-corrected chi connectivity index (χ1v) is 7.90. The lowest BCUT2D eigenvalue weighted by atomic mass is 9.95. The van der Waals surface area contributed by atoms with E-state index in [-0.39, 0.29) is 5.92 Å². The van der Waals surface area contributed by atoms with E-state index >= 15 is 0 Å². The van der Waals surface area contributed by atoms with Crippen molar-refractivity contribution in [3.05, 3.63) is 0 Å². The van der Waals surface area contributed by atoms with Gasteiger partial charge in [0.1, 0.15) is 0 Å². The van der Waals surface area contributed by atoms with Crippen LogP contribution in [0.25, 0.3) is 0 Å². The summed E-state index contributed by atoms with van der Waals surface area (Å²) in [5, 5.41) is 7.05. The Morgan fingerprint density at radius 1 is 1.47 bits per heavy atom. The van der Waals surface area contributed by atoms with Gasteiger partial charge in [0.2, 0.25) is 5.91 Å². The van der Waals surface area contributed by atoms with Crippen molar-refractivity contribution in [3.63, 3.8) is 0 Å². The smallest absolute Gasteiger partial charge is 0.226 e. The number of piperidine rings is 1. The maximum atomic E-state index is 12.3. The molecule has 2 rings (SSSR count). The molecule has 0 aliphatic carbocycles. The van der Waals surface area contributed by atoms with Crippen molar-refractivity contribution < 1.29 is 4.79 Å². The molecule has 2 aliphatic rings. The zero-order chi connectivity index (χ0) is 13.8. The second-order valence-corrected chi connectivity index (χ2v) is 6.24. The highest BCUT2D eigenvalue weighted by molar-refractivity contribution is 5.81. The Morgan fingerprint density at radius 2 is 2.26 bits per heavy atom. The molecule has 0 bridgehead atoms. The van der Waals surface area contributed by atoms with Gasteiger partial charge in [-0.3, -0.25) is 10.1 Å². The van der Waals surface area contributed by atoms with Gasteiger partial charge in [-0.2, -0.15) is 0 Å². The van der Waals surface area contributed by atoms with Crippen LogP contribution in [0.5, 0.6) is 0 Å². The summed E-state index contributed by atoms with van der Waals surface area (Å²) in [6.45, 7) is 9.43. The van der Waals surface area contributed by atoms with Gasteiger partial charge in [-0.1, -0.05) is 13.8 Å². The molecule has 2 heterocycles. The summed E-state index contributed by atoms with van der Waals surface area (Å²) in [7, 11) is 0. The largest absolute Gasteiger partial charge is 0.338 e. The van der Waals surface area contributed by atoms with Crippen molar-refractivity contribution in [1.82, 2.24) is 15.5 Å². The van der Waals surface area contributed by atoms with Crippen LogP contribution in [-0.4, -0.2) is 42.6 Å². The number of nitrogens with one attached hydrogen (secondary N) is 2. The fraction of sp³-hybridized carbons (Fsp3) is 0.933. The van der Waals surface area contributed by atoms with E-state index in [0.717, 1.165) is 26.1 Å². The molecule has 0 aromatic carbocycles. The molecule has 2 N–H and O–H groups in total. The number of rotatable bonds is 5. The normalized spacial score (nSPS) is 33.7. The quantitative estimate of drug-likeness (QED) is 0.795. The van der Waals surface area contributed by atoms with Gasteiger partial charge >= 0.3 is 0 Å². The van der Waals surface area contributed by atoms with Crippen LogP contribution in [0.1, 0.15) is 46.5 Å². The predicted octanol–water partition coefficient (Wildman–Crippen LogP) is 1.57. The van der Waals surface area contributed by atoms with Crippen LogP contribution in [0.15, 0.2) is 0 Å². The molecule has 4 nitrogen and oxygen atoms in total. The molecule has 0 aromatic rings. The summed E-state index contributed by atoms with van der Waals surface area (Å²) in [5.74, 6) is 1.11. The van der Waals surface area contributed by atoms with Crippen molar-refractivity contribution in [2.24, 2.45) is 11.8 Å². The second-order valence-electron chi connectivity index (χ2n) is 6.24. The molecule has 2 saturated heterocycles. The van der Waals surface area contributed by atoms with E-state index in [0.29, 0.717) is 24.0 Å². The van der Waals surface area contributed by atoms with E-state index in [1.807, 2.05) is 0 Å². The summed E-state index contributed by atoms with van der Waals surface area (Å²) in [6, 6.07) is 0.301. The van der Waals surface area contributed by atoms with E-state index in [9.17, 15) is 4.79 Å². The van der Waals surface area contributed by atoms with Crippen LogP contribution < -0.4 is 10.6 Å². The Labute approximate surface area is 117 Å². The van der Waals surface area contributed by atoms with Gasteiger partial charge in [0.15, 0.2) is 0 Å². The molecule has 19 heavy (non-hydrogen) atoms. The molecule has 3 unspecified atom stereocenters. The van der Waals surface area contributed by atoms with Crippen LogP contribution in [0.3, 0.4) is 0 Å². The van der Waals surface area contributed by atoms with Gasteiger partial charge in [-0.25, -0.2) is 0 Å². The molecular formula is C15H29N3O. The second kappa shape index (κ2) is 6.71. The number of amides is 1. The minimum Gasteiger partial charge on any atom is -0.338 e. The molecule has 2 fully saturated rings. The van der Waals surface area contributed by atoms with Gasteiger partial charge in [0, 0.05) is 25.0 Å². The monoisotopic (exact) mass is 267 g/mol. The molecule has 0 radical (unpaired) electrons. The number of carbonyl (C=O) groups is 1. The SMILES string of the molecule is CCC1C(=O)N([C@H](C)CNC2CCCCN2)CC1C. The van der Waals surface area contributed by atoms with Crippen LogP contribution >= 0.6 is 0 Å². The Balaban J connectivity index is 1.79. The molecule has 1 amide bonds. The number of hydrogen-bond donors (Lipinski definition) is 2. The minimum absolute atomic E-state index is 0.246.